The van der Waals surface area contributed by atoms with E-state index in [-0.39, 0.29) is 29.5 Å². The van der Waals surface area contributed by atoms with Crippen LogP contribution in [0.5, 0.6) is 0 Å². The SMILES string of the molecule is O=C(Cn1cnc([N+](=O)[O-])c1)NCC1(c2ccc(F)cc2)CCCC1. The summed E-state index contributed by atoms with van der Waals surface area (Å²) in [6, 6.07) is 6.46. The molecule has 25 heavy (non-hydrogen) atoms. The minimum absolute atomic E-state index is 0.0274. The van der Waals surface area contributed by atoms with Crippen molar-refractivity contribution in [3.05, 3.63) is 58.3 Å². The van der Waals surface area contributed by atoms with Gasteiger partial charge >= 0.3 is 5.82 Å². The number of aromatic nitrogens is 2. The Morgan fingerprint density at radius 3 is 2.60 bits per heavy atom. The van der Waals surface area contributed by atoms with Gasteiger partial charge in [0.1, 0.15) is 18.6 Å². The number of nitrogens with one attached hydrogen (secondary N) is 1. The van der Waals surface area contributed by atoms with Crippen molar-refractivity contribution in [2.45, 2.75) is 37.6 Å². The average Bonchev–Trinajstić information content (AvgIpc) is 3.24. The number of hydrogen-bond donors (Lipinski definition) is 1. The summed E-state index contributed by atoms with van der Waals surface area (Å²) in [6.45, 7) is 0.439. The van der Waals surface area contributed by atoms with Crippen LogP contribution in [0.1, 0.15) is 31.2 Å². The van der Waals surface area contributed by atoms with Crippen LogP contribution in [0.25, 0.3) is 0 Å². The van der Waals surface area contributed by atoms with Gasteiger partial charge in [0.15, 0.2) is 0 Å². The highest BCUT2D eigenvalue weighted by atomic mass is 19.1. The Morgan fingerprint density at radius 2 is 2.00 bits per heavy atom. The Hall–Kier alpha value is -2.77. The third-order valence-electron chi connectivity index (χ3n) is 4.77. The molecule has 1 amide bonds. The van der Waals surface area contributed by atoms with E-state index in [9.17, 15) is 19.3 Å². The van der Waals surface area contributed by atoms with Crippen molar-refractivity contribution in [2.75, 3.05) is 6.54 Å². The van der Waals surface area contributed by atoms with Crippen LogP contribution < -0.4 is 5.32 Å². The molecule has 1 aliphatic rings. The fourth-order valence-corrected chi connectivity index (χ4v) is 3.44. The lowest BCUT2D eigenvalue weighted by atomic mass is 9.79. The summed E-state index contributed by atoms with van der Waals surface area (Å²) in [6.07, 6.45) is 6.51. The third kappa shape index (κ3) is 3.84. The predicted octanol–water partition coefficient (Wildman–Crippen LogP) is 2.56. The summed E-state index contributed by atoms with van der Waals surface area (Å²) in [5.74, 6) is -0.797. The first-order chi connectivity index (χ1) is 12.0. The lowest BCUT2D eigenvalue weighted by molar-refractivity contribution is -0.389. The van der Waals surface area contributed by atoms with Crippen LogP contribution >= 0.6 is 0 Å². The van der Waals surface area contributed by atoms with Gasteiger partial charge in [-0.2, -0.15) is 0 Å². The molecule has 0 atom stereocenters. The number of benzene rings is 1. The molecule has 1 fully saturated rings. The van der Waals surface area contributed by atoms with Crippen LogP contribution in [0.15, 0.2) is 36.8 Å². The van der Waals surface area contributed by atoms with Gasteiger partial charge in [0, 0.05) is 12.0 Å². The maximum Gasteiger partial charge on any atom is 0.381 e. The number of carbonyl (C=O) groups is 1. The molecule has 2 aromatic rings. The molecule has 0 radical (unpaired) electrons. The number of amides is 1. The largest absolute Gasteiger partial charge is 0.381 e. The van der Waals surface area contributed by atoms with Crippen molar-refractivity contribution in [1.29, 1.82) is 0 Å². The van der Waals surface area contributed by atoms with Gasteiger partial charge in [-0.15, -0.1) is 0 Å². The minimum atomic E-state index is -0.601. The zero-order valence-corrected chi connectivity index (χ0v) is 13.7. The van der Waals surface area contributed by atoms with E-state index < -0.39 is 4.92 Å². The van der Waals surface area contributed by atoms with Crippen molar-refractivity contribution in [2.24, 2.45) is 0 Å². The highest BCUT2D eigenvalue weighted by Gasteiger charge is 2.35. The van der Waals surface area contributed by atoms with E-state index in [1.165, 1.54) is 29.2 Å². The van der Waals surface area contributed by atoms with Gasteiger partial charge < -0.3 is 20.0 Å². The molecule has 1 heterocycles. The van der Waals surface area contributed by atoms with E-state index in [0.29, 0.717) is 6.54 Å². The first-order valence-electron chi connectivity index (χ1n) is 8.17. The molecular weight excluding hydrogens is 327 g/mol. The van der Waals surface area contributed by atoms with Crippen molar-refractivity contribution < 1.29 is 14.1 Å². The zero-order valence-electron chi connectivity index (χ0n) is 13.7. The molecule has 1 aromatic heterocycles. The Labute approximate surface area is 144 Å². The number of nitro groups is 1. The number of nitrogens with zero attached hydrogens (tertiary/aromatic N) is 3. The van der Waals surface area contributed by atoms with Crippen LogP contribution in [-0.2, 0) is 16.8 Å². The maximum atomic E-state index is 13.2. The van der Waals surface area contributed by atoms with Crippen LogP contribution in [0.2, 0.25) is 0 Å². The number of imidazole rings is 1. The van der Waals surface area contributed by atoms with Crippen molar-refractivity contribution in [3.63, 3.8) is 0 Å². The van der Waals surface area contributed by atoms with Crippen molar-refractivity contribution in [1.82, 2.24) is 14.9 Å². The standard InChI is InChI=1S/C17H19FN4O3/c18-14-5-3-13(4-6-14)17(7-1-2-8-17)11-19-16(23)10-21-9-15(20-12-21)22(24)25/h3-6,9,12H,1-2,7-8,10-11H2,(H,19,23). The van der Waals surface area contributed by atoms with Crippen LogP contribution in [0.3, 0.4) is 0 Å². The van der Waals surface area contributed by atoms with E-state index in [2.05, 4.69) is 10.3 Å². The summed E-state index contributed by atoms with van der Waals surface area (Å²) in [7, 11) is 0. The van der Waals surface area contributed by atoms with Gasteiger partial charge in [0.2, 0.25) is 12.2 Å². The van der Waals surface area contributed by atoms with Crippen LogP contribution in [0.4, 0.5) is 10.2 Å². The first kappa shape index (κ1) is 17.1. The highest BCUT2D eigenvalue weighted by molar-refractivity contribution is 5.75. The Bertz CT molecular complexity index is 766. The molecular formula is C17H19FN4O3. The second-order valence-corrected chi connectivity index (χ2v) is 6.43. The molecule has 1 aromatic carbocycles. The normalized spacial score (nSPS) is 15.9. The van der Waals surface area contributed by atoms with E-state index in [1.807, 2.05) is 0 Å². The molecule has 0 spiro atoms. The number of hydrogen-bond acceptors (Lipinski definition) is 4. The fourth-order valence-electron chi connectivity index (χ4n) is 3.44. The molecule has 1 aliphatic carbocycles. The van der Waals surface area contributed by atoms with Crippen LogP contribution in [0, 0.1) is 15.9 Å². The van der Waals surface area contributed by atoms with Gasteiger partial charge in [-0.1, -0.05) is 25.0 Å². The second kappa shape index (κ2) is 7.00. The third-order valence-corrected chi connectivity index (χ3v) is 4.77. The summed E-state index contributed by atoms with van der Waals surface area (Å²) < 4.78 is 14.6. The molecule has 1 N–H and O–H groups in total. The molecule has 1 saturated carbocycles. The minimum Gasteiger partial charge on any atom is -0.358 e. The van der Waals surface area contributed by atoms with Gasteiger partial charge in [0.25, 0.3) is 0 Å². The molecule has 0 unspecified atom stereocenters. The lowest BCUT2D eigenvalue weighted by Crippen LogP contribution is -2.40. The summed E-state index contributed by atoms with van der Waals surface area (Å²) >= 11 is 0. The van der Waals surface area contributed by atoms with Gasteiger partial charge in [-0.05, 0) is 40.4 Å². The predicted molar refractivity (Wildman–Crippen MR) is 88.4 cm³/mol. The van der Waals surface area contributed by atoms with Crippen molar-refractivity contribution >= 4 is 11.7 Å². The van der Waals surface area contributed by atoms with E-state index in [1.54, 1.807) is 12.1 Å². The smallest absolute Gasteiger partial charge is 0.358 e. The molecule has 3 rings (SSSR count). The number of halogens is 1. The number of carbonyl (C=O) groups excluding carboxylic acids is 1. The average molecular weight is 346 g/mol. The highest BCUT2D eigenvalue weighted by Crippen LogP contribution is 2.40. The Kier molecular flexibility index (Phi) is 4.78. The topological polar surface area (TPSA) is 90.1 Å². The molecule has 8 heteroatoms. The van der Waals surface area contributed by atoms with E-state index >= 15 is 0 Å². The Balaban J connectivity index is 1.64. The van der Waals surface area contributed by atoms with Gasteiger partial charge in [-0.3, -0.25) is 4.79 Å². The van der Waals surface area contributed by atoms with E-state index in [0.717, 1.165) is 31.2 Å². The lowest BCUT2D eigenvalue weighted by Gasteiger charge is -2.30. The second-order valence-electron chi connectivity index (χ2n) is 6.43. The summed E-state index contributed by atoms with van der Waals surface area (Å²) in [5.41, 5.74) is 0.856. The monoisotopic (exact) mass is 346 g/mol. The Morgan fingerprint density at radius 1 is 1.32 bits per heavy atom. The van der Waals surface area contributed by atoms with Crippen LogP contribution in [-0.4, -0.2) is 26.9 Å². The quantitative estimate of drug-likeness (QED) is 0.643. The molecule has 0 bridgehead atoms. The van der Waals surface area contributed by atoms with Gasteiger partial charge in [0.05, 0.1) is 0 Å². The first-order valence-corrected chi connectivity index (χ1v) is 8.17. The summed E-state index contributed by atoms with van der Waals surface area (Å²) in [4.78, 5) is 25.8. The zero-order chi connectivity index (χ0) is 17.9. The van der Waals surface area contributed by atoms with Crippen molar-refractivity contribution in [3.8, 4) is 0 Å². The van der Waals surface area contributed by atoms with E-state index in [4.69, 9.17) is 0 Å². The molecule has 0 aliphatic heterocycles. The molecule has 0 saturated heterocycles. The summed E-state index contributed by atoms with van der Waals surface area (Å²) in [5, 5.41) is 13.5. The fraction of sp³-hybridized carbons (Fsp3) is 0.412. The van der Waals surface area contributed by atoms with Gasteiger partial charge in [-0.25, -0.2) is 4.39 Å². The maximum absolute atomic E-state index is 13.2. The molecule has 132 valence electrons. The number of rotatable bonds is 6. The molecule has 7 nitrogen and oxygen atoms in total.